The van der Waals surface area contributed by atoms with Crippen molar-refractivity contribution in [2.24, 2.45) is 0 Å². The van der Waals surface area contributed by atoms with E-state index in [1.54, 1.807) is 0 Å². The van der Waals surface area contributed by atoms with Crippen molar-refractivity contribution in [3.63, 3.8) is 0 Å². The Labute approximate surface area is 365 Å². The number of amides is 3. The van der Waals surface area contributed by atoms with Crippen molar-refractivity contribution < 1.29 is 31.9 Å². The number of nitrogens with zero attached hydrogens (tertiary/aromatic N) is 3. The second-order valence-electron chi connectivity index (χ2n) is 17.3. The molecule has 0 atom stereocenters. The zero-order valence-corrected chi connectivity index (χ0v) is 36.9. The number of imide groups is 1. The largest absolute Gasteiger partial charge is 0.748 e. The predicted octanol–water partition coefficient (Wildman–Crippen LogP) is 8.65. The molecular weight excluding hydrogens is 797 g/mol. The molecule has 4 aromatic carbocycles. The van der Waals surface area contributed by atoms with E-state index in [2.05, 4.69) is 134 Å². The lowest BCUT2D eigenvalue weighted by molar-refractivity contribution is -0.438. The lowest BCUT2D eigenvalue weighted by atomic mass is 9.79. The van der Waals surface area contributed by atoms with E-state index in [1.165, 1.54) is 56.2 Å². The van der Waals surface area contributed by atoms with Crippen LogP contribution in [0.15, 0.2) is 133 Å². The van der Waals surface area contributed by atoms with Crippen molar-refractivity contribution in [2.45, 2.75) is 77.0 Å². The van der Waals surface area contributed by atoms with Crippen LogP contribution in [-0.2, 0) is 35.3 Å². The van der Waals surface area contributed by atoms with Gasteiger partial charge in [0.05, 0.1) is 15.5 Å². The molecule has 0 unspecified atom stereocenters. The van der Waals surface area contributed by atoms with Crippen LogP contribution < -0.4 is 10.2 Å². The van der Waals surface area contributed by atoms with Gasteiger partial charge in [0.1, 0.15) is 6.54 Å². The van der Waals surface area contributed by atoms with Crippen molar-refractivity contribution >= 4 is 66.5 Å². The first-order valence-corrected chi connectivity index (χ1v) is 23.2. The van der Waals surface area contributed by atoms with Crippen LogP contribution in [-0.4, -0.2) is 77.8 Å². The number of benzene rings is 4. The monoisotopic (exact) mass is 852 g/mol. The van der Waals surface area contributed by atoms with Gasteiger partial charge in [-0.15, -0.1) is 0 Å². The molecule has 1 N–H and O–H groups in total. The number of fused-ring (bicyclic) bond motifs is 6. The van der Waals surface area contributed by atoms with Crippen LogP contribution in [0.4, 0.5) is 11.4 Å². The Balaban J connectivity index is 1.04. The molecule has 3 amide bonds. The fraction of sp³-hybridized carbons (Fsp3) is 0.333. The summed E-state index contributed by atoms with van der Waals surface area (Å²) < 4.78 is 36.4. The maximum absolute atomic E-state index is 12.5. The third kappa shape index (κ3) is 9.44. The van der Waals surface area contributed by atoms with E-state index in [1.807, 2.05) is 24.3 Å². The number of nitrogens with one attached hydrogen (secondary N) is 1. The molecule has 7 rings (SSSR count). The van der Waals surface area contributed by atoms with Gasteiger partial charge >= 0.3 is 0 Å². The second-order valence-corrected chi connectivity index (χ2v) is 18.8. The Morgan fingerprint density at radius 3 is 2.06 bits per heavy atom. The van der Waals surface area contributed by atoms with Crippen LogP contribution in [0, 0.1) is 0 Å². The van der Waals surface area contributed by atoms with Gasteiger partial charge in [0, 0.05) is 84.9 Å². The number of allylic oxidation sites excluding steroid dienone is 8. The second kappa shape index (κ2) is 18.6. The van der Waals surface area contributed by atoms with Crippen molar-refractivity contribution in [2.75, 3.05) is 36.8 Å². The molecule has 0 bridgehead atoms. The predicted molar refractivity (Wildman–Crippen MR) is 248 cm³/mol. The van der Waals surface area contributed by atoms with Gasteiger partial charge in [0.2, 0.25) is 11.6 Å². The average Bonchev–Trinajstić information content (AvgIpc) is 3.76. The Morgan fingerprint density at radius 1 is 0.710 bits per heavy atom. The maximum atomic E-state index is 12.5. The van der Waals surface area contributed by atoms with Gasteiger partial charge in [0.15, 0.2) is 5.71 Å². The standard InChI is InChI=1S/C51H56N4O6S/c1-50(2)43(53(41-28-26-37-19-12-14-21-39(37)48(41)50)33-16-8-11-25-45(56)52-32-35-55-46(57)30-31-47(55)58)23-9-6-5-7-10-24-44-51(3,4)49-40-22-15-13-20-38(40)27-29-42(49)54(44)34-17-18-36-62(59,60)61/h5-7,9-10,12-15,19-24,26-31H,8,11,16-18,25,32-36H2,1-4H3,(H-,52,56,59,60,61). The Hall–Kier alpha value is -5.91. The van der Waals surface area contributed by atoms with E-state index in [0.29, 0.717) is 25.8 Å². The normalized spacial score (nSPS) is 17.7. The molecule has 3 heterocycles. The number of hydrogen-bond donors (Lipinski definition) is 1. The number of carbonyl (C=O) groups is 3. The summed E-state index contributed by atoms with van der Waals surface area (Å²) in [5.41, 5.74) is 6.61. The van der Waals surface area contributed by atoms with Crippen LogP contribution in [0.3, 0.4) is 0 Å². The molecule has 0 radical (unpaired) electrons. The molecular formula is C51H56N4O6S. The number of unbranched alkanes of at least 4 members (excludes halogenated alkanes) is 3. The van der Waals surface area contributed by atoms with Crippen LogP contribution in [0.5, 0.6) is 0 Å². The number of rotatable bonds is 18. The van der Waals surface area contributed by atoms with E-state index in [9.17, 15) is 27.4 Å². The molecule has 0 saturated heterocycles. The summed E-state index contributed by atoms with van der Waals surface area (Å²) in [6, 6.07) is 25.6. The molecule has 3 aliphatic heterocycles. The molecule has 0 aliphatic carbocycles. The molecule has 11 heteroatoms. The van der Waals surface area contributed by atoms with Gasteiger partial charge in [-0.2, -0.15) is 4.58 Å². The molecule has 4 aromatic rings. The third-order valence-electron chi connectivity index (χ3n) is 12.3. The van der Waals surface area contributed by atoms with Gasteiger partial charge in [-0.05, 0) is 84.8 Å². The fourth-order valence-electron chi connectivity index (χ4n) is 9.37. The number of carbonyl (C=O) groups excluding carboxylic acids is 3. The molecule has 10 nitrogen and oxygen atoms in total. The minimum Gasteiger partial charge on any atom is -0.748 e. The zero-order valence-electron chi connectivity index (χ0n) is 36.1. The highest BCUT2D eigenvalue weighted by atomic mass is 32.2. The minimum absolute atomic E-state index is 0.0851. The number of anilines is 1. The Kier molecular flexibility index (Phi) is 13.2. The molecule has 0 spiro atoms. The lowest BCUT2D eigenvalue weighted by Crippen LogP contribution is -2.38. The first kappa shape index (κ1) is 44.2. The summed E-state index contributed by atoms with van der Waals surface area (Å²) in [6.45, 7) is 10.8. The van der Waals surface area contributed by atoms with Crippen LogP contribution >= 0.6 is 0 Å². The van der Waals surface area contributed by atoms with Gasteiger partial charge in [0.25, 0.3) is 11.8 Å². The fourth-order valence-corrected chi connectivity index (χ4v) is 9.92. The van der Waals surface area contributed by atoms with Crippen LogP contribution in [0.25, 0.3) is 21.5 Å². The van der Waals surface area contributed by atoms with Gasteiger partial charge in [-0.1, -0.05) is 98.8 Å². The van der Waals surface area contributed by atoms with E-state index >= 15 is 0 Å². The van der Waals surface area contributed by atoms with Crippen molar-refractivity contribution in [1.82, 2.24) is 10.2 Å². The van der Waals surface area contributed by atoms with Gasteiger partial charge in [-0.3, -0.25) is 19.3 Å². The van der Waals surface area contributed by atoms with Gasteiger partial charge < -0.3 is 14.8 Å². The molecule has 0 fully saturated rings. The van der Waals surface area contributed by atoms with Crippen LogP contribution in [0.2, 0.25) is 0 Å². The van der Waals surface area contributed by atoms with Crippen molar-refractivity contribution in [1.29, 1.82) is 0 Å². The molecule has 0 saturated carbocycles. The zero-order chi connectivity index (χ0) is 44.1. The van der Waals surface area contributed by atoms with E-state index in [0.717, 1.165) is 42.1 Å². The first-order chi connectivity index (χ1) is 29.7. The van der Waals surface area contributed by atoms with E-state index < -0.39 is 10.1 Å². The summed E-state index contributed by atoms with van der Waals surface area (Å²) in [6.07, 6.45) is 20.9. The Bertz CT molecular complexity index is 2680. The van der Waals surface area contributed by atoms with Gasteiger partial charge in [-0.25, -0.2) is 8.42 Å². The molecule has 62 heavy (non-hydrogen) atoms. The minimum atomic E-state index is -4.26. The topological polar surface area (TPSA) is 130 Å². The highest BCUT2D eigenvalue weighted by molar-refractivity contribution is 7.85. The first-order valence-electron chi connectivity index (χ1n) is 21.6. The average molecular weight is 853 g/mol. The molecule has 322 valence electrons. The van der Waals surface area contributed by atoms with E-state index in [-0.39, 0.29) is 47.4 Å². The SMILES string of the molecule is CC1(C)C(/C=C/C=C/C=C/C=C2\N(CCCCS(=O)(=O)[O-])c3ccc4ccccc4c3C2(C)C)=[N+](CCCCCC(=O)NCCN2C(=O)C=CC2=O)c2ccc3ccccc3c21. The van der Waals surface area contributed by atoms with Crippen molar-refractivity contribution in [3.8, 4) is 0 Å². The summed E-state index contributed by atoms with van der Waals surface area (Å²) in [5, 5.41) is 7.66. The molecule has 0 aromatic heterocycles. The summed E-state index contributed by atoms with van der Waals surface area (Å²) in [5.74, 6) is -1.14. The Morgan fingerprint density at radius 2 is 1.35 bits per heavy atom. The van der Waals surface area contributed by atoms with E-state index in [4.69, 9.17) is 0 Å². The van der Waals surface area contributed by atoms with Crippen LogP contribution in [0.1, 0.15) is 77.3 Å². The highest BCUT2D eigenvalue weighted by Crippen LogP contribution is 2.51. The maximum Gasteiger partial charge on any atom is 0.253 e. The summed E-state index contributed by atoms with van der Waals surface area (Å²) in [4.78, 5) is 39.5. The highest BCUT2D eigenvalue weighted by Gasteiger charge is 2.45. The third-order valence-corrected chi connectivity index (χ3v) is 13.1. The molecule has 3 aliphatic rings. The number of hydrogen-bond acceptors (Lipinski definition) is 7. The summed E-state index contributed by atoms with van der Waals surface area (Å²) in [7, 11) is -4.26. The smallest absolute Gasteiger partial charge is 0.253 e. The quantitative estimate of drug-likeness (QED) is 0.0349. The summed E-state index contributed by atoms with van der Waals surface area (Å²) >= 11 is 0. The lowest BCUT2D eigenvalue weighted by Gasteiger charge is -2.27. The van der Waals surface area contributed by atoms with Crippen molar-refractivity contribution in [3.05, 3.63) is 144 Å².